The number of alkyl halides is 3. The first-order chi connectivity index (χ1) is 12.4. The normalized spacial score (nSPS) is 13.2. The number of rotatable bonds is 5. The molecule has 0 unspecified atom stereocenters. The Morgan fingerprint density at radius 1 is 1.26 bits per heavy atom. The molecule has 4 N–H and O–H groups in total. The number of hydrogen-bond donors (Lipinski definition) is 3. The van der Waals surface area contributed by atoms with Gasteiger partial charge in [-0.25, -0.2) is 13.4 Å². The highest BCUT2D eigenvalue weighted by Crippen LogP contribution is 2.31. The van der Waals surface area contributed by atoms with Gasteiger partial charge in [0, 0.05) is 12.7 Å². The van der Waals surface area contributed by atoms with Gasteiger partial charge in [-0.2, -0.15) is 13.2 Å². The lowest BCUT2D eigenvalue weighted by molar-refractivity contribution is -0.137. The summed E-state index contributed by atoms with van der Waals surface area (Å²) in [6.45, 7) is 1.41. The molecule has 0 bridgehead atoms. The van der Waals surface area contributed by atoms with Gasteiger partial charge in [0.15, 0.2) is 5.69 Å². The Hall–Kier alpha value is -2.66. The molecule has 0 aliphatic rings. The van der Waals surface area contributed by atoms with Gasteiger partial charge in [0.05, 0.1) is 27.1 Å². The molecule has 0 saturated heterocycles. The van der Waals surface area contributed by atoms with Crippen LogP contribution in [-0.4, -0.2) is 37.1 Å². The van der Waals surface area contributed by atoms with Crippen molar-refractivity contribution < 1.29 is 31.5 Å². The van der Waals surface area contributed by atoms with Crippen molar-refractivity contribution in [3.63, 3.8) is 0 Å². The SMILES string of the molecule is C[C@H](O)CNC(=O)c1ncc(S(=O)(=O)c2ccc(C(F)(F)F)cc2)cc1N. The van der Waals surface area contributed by atoms with Crippen molar-refractivity contribution in [1.29, 1.82) is 0 Å². The third kappa shape index (κ3) is 4.74. The zero-order valence-electron chi connectivity index (χ0n) is 14.0. The third-order valence-corrected chi connectivity index (χ3v) is 5.20. The molecule has 0 radical (unpaired) electrons. The van der Waals surface area contributed by atoms with Gasteiger partial charge in [0.2, 0.25) is 9.84 Å². The summed E-state index contributed by atoms with van der Waals surface area (Å²) < 4.78 is 62.9. The van der Waals surface area contributed by atoms with E-state index >= 15 is 0 Å². The van der Waals surface area contributed by atoms with E-state index in [1.54, 1.807) is 0 Å². The number of aliphatic hydroxyl groups excluding tert-OH is 1. The van der Waals surface area contributed by atoms with E-state index in [-0.39, 0.29) is 27.7 Å². The summed E-state index contributed by atoms with van der Waals surface area (Å²) in [7, 11) is -4.17. The summed E-state index contributed by atoms with van der Waals surface area (Å²) >= 11 is 0. The van der Waals surface area contributed by atoms with Gasteiger partial charge < -0.3 is 16.2 Å². The molecule has 0 aliphatic heterocycles. The van der Waals surface area contributed by atoms with Crippen molar-refractivity contribution in [2.45, 2.75) is 29.0 Å². The first-order valence-corrected chi connectivity index (χ1v) is 9.05. The van der Waals surface area contributed by atoms with Crippen LogP contribution in [0.2, 0.25) is 0 Å². The van der Waals surface area contributed by atoms with Gasteiger partial charge >= 0.3 is 6.18 Å². The first kappa shape index (κ1) is 20.6. The maximum atomic E-state index is 12.6. The van der Waals surface area contributed by atoms with Crippen molar-refractivity contribution in [1.82, 2.24) is 10.3 Å². The van der Waals surface area contributed by atoms with Gasteiger partial charge in [-0.15, -0.1) is 0 Å². The number of halogens is 3. The lowest BCUT2D eigenvalue weighted by Crippen LogP contribution is -2.31. The van der Waals surface area contributed by atoms with E-state index in [2.05, 4.69) is 10.3 Å². The first-order valence-electron chi connectivity index (χ1n) is 7.57. The van der Waals surface area contributed by atoms with Crippen LogP contribution in [0.3, 0.4) is 0 Å². The van der Waals surface area contributed by atoms with Crippen molar-refractivity contribution in [3.05, 3.63) is 47.8 Å². The molecule has 7 nitrogen and oxygen atoms in total. The molecule has 1 heterocycles. The van der Waals surface area contributed by atoms with E-state index in [0.29, 0.717) is 12.1 Å². The summed E-state index contributed by atoms with van der Waals surface area (Å²) in [5, 5.41) is 11.5. The highest BCUT2D eigenvalue weighted by Gasteiger charge is 2.31. The van der Waals surface area contributed by atoms with Crippen LogP contribution >= 0.6 is 0 Å². The number of aromatic nitrogens is 1. The van der Waals surface area contributed by atoms with E-state index in [4.69, 9.17) is 10.8 Å². The molecule has 2 aromatic rings. The minimum Gasteiger partial charge on any atom is -0.397 e. The predicted octanol–water partition coefficient (Wildman–Crippen LogP) is 1.63. The van der Waals surface area contributed by atoms with E-state index in [1.807, 2.05) is 0 Å². The molecule has 1 aromatic heterocycles. The van der Waals surface area contributed by atoms with E-state index in [0.717, 1.165) is 24.4 Å². The van der Waals surface area contributed by atoms with Crippen LogP contribution in [0.1, 0.15) is 23.0 Å². The number of sulfone groups is 1. The second-order valence-electron chi connectivity index (χ2n) is 5.69. The fraction of sp³-hybridized carbons (Fsp3) is 0.250. The fourth-order valence-electron chi connectivity index (χ4n) is 2.08. The summed E-state index contributed by atoms with van der Waals surface area (Å²) in [6, 6.07) is 3.97. The number of aliphatic hydroxyl groups is 1. The summed E-state index contributed by atoms with van der Waals surface area (Å²) in [5.41, 5.74) is 4.24. The zero-order chi connectivity index (χ0) is 20.4. The van der Waals surface area contributed by atoms with Gasteiger partial charge in [0.1, 0.15) is 0 Å². The molecule has 0 fully saturated rings. The van der Waals surface area contributed by atoms with E-state index in [1.165, 1.54) is 6.92 Å². The Balaban J connectivity index is 2.32. The van der Waals surface area contributed by atoms with Crippen molar-refractivity contribution in [2.24, 2.45) is 0 Å². The summed E-state index contributed by atoms with van der Waals surface area (Å²) in [6.07, 6.45) is -4.50. The standard InChI is InChI=1S/C16H16F3N3O4S/c1-9(23)7-22-15(24)14-13(20)6-12(8-21-14)27(25,26)11-4-2-10(3-5-11)16(17,18)19/h2-6,8-9,23H,7,20H2,1H3,(H,22,24)/t9-/m0/s1. The van der Waals surface area contributed by atoms with Crippen LogP contribution in [-0.2, 0) is 16.0 Å². The van der Waals surface area contributed by atoms with Crippen molar-refractivity contribution in [3.8, 4) is 0 Å². The molecular formula is C16H16F3N3O4S. The molecule has 146 valence electrons. The lowest BCUT2D eigenvalue weighted by Gasteiger charge is -2.11. The molecule has 0 saturated carbocycles. The number of benzene rings is 1. The average molecular weight is 403 g/mol. The number of nitrogens with one attached hydrogen (secondary N) is 1. The minimum atomic E-state index is -4.59. The summed E-state index contributed by atoms with van der Waals surface area (Å²) in [5.74, 6) is -0.702. The topological polar surface area (TPSA) is 122 Å². The second kappa shape index (κ2) is 7.53. The monoisotopic (exact) mass is 403 g/mol. The third-order valence-electron chi connectivity index (χ3n) is 3.47. The summed E-state index contributed by atoms with van der Waals surface area (Å²) in [4.78, 5) is 14.9. The Kier molecular flexibility index (Phi) is 5.76. The lowest BCUT2D eigenvalue weighted by atomic mass is 10.2. The van der Waals surface area contributed by atoms with Crippen LogP contribution in [0.5, 0.6) is 0 Å². The van der Waals surface area contributed by atoms with Gasteiger partial charge in [-0.1, -0.05) is 0 Å². The number of nitrogens with two attached hydrogens (primary N) is 1. The molecule has 0 aliphatic carbocycles. The molecule has 27 heavy (non-hydrogen) atoms. The maximum Gasteiger partial charge on any atom is 0.416 e. The predicted molar refractivity (Wildman–Crippen MR) is 89.6 cm³/mol. The van der Waals surface area contributed by atoms with E-state index in [9.17, 15) is 26.4 Å². The second-order valence-corrected chi connectivity index (χ2v) is 7.64. The molecule has 1 aromatic carbocycles. The number of anilines is 1. The smallest absolute Gasteiger partial charge is 0.397 e. The number of carbonyl (C=O) groups is 1. The molecule has 1 amide bonds. The highest BCUT2D eigenvalue weighted by atomic mass is 32.2. The Morgan fingerprint density at radius 2 is 1.85 bits per heavy atom. The average Bonchev–Trinajstić information content (AvgIpc) is 2.58. The maximum absolute atomic E-state index is 12.6. The van der Waals surface area contributed by atoms with Crippen LogP contribution in [0.25, 0.3) is 0 Å². The number of pyridine rings is 1. The molecule has 2 rings (SSSR count). The van der Waals surface area contributed by atoms with Crippen LogP contribution in [0.15, 0.2) is 46.3 Å². The van der Waals surface area contributed by atoms with Gasteiger partial charge in [-0.3, -0.25) is 4.79 Å². The van der Waals surface area contributed by atoms with Crippen LogP contribution < -0.4 is 11.1 Å². The zero-order valence-corrected chi connectivity index (χ0v) is 14.8. The number of nitrogens with zero attached hydrogens (tertiary/aromatic N) is 1. The van der Waals surface area contributed by atoms with Crippen molar-refractivity contribution in [2.75, 3.05) is 12.3 Å². The fourth-order valence-corrected chi connectivity index (χ4v) is 3.32. The molecule has 0 spiro atoms. The molecule has 1 atom stereocenters. The van der Waals surface area contributed by atoms with Gasteiger partial charge in [0.25, 0.3) is 5.91 Å². The van der Waals surface area contributed by atoms with Gasteiger partial charge in [-0.05, 0) is 37.3 Å². The molecule has 11 heteroatoms. The van der Waals surface area contributed by atoms with Crippen LogP contribution in [0.4, 0.5) is 18.9 Å². The highest BCUT2D eigenvalue weighted by molar-refractivity contribution is 7.91. The molecular weight excluding hydrogens is 387 g/mol. The Labute approximate surface area is 153 Å². The Morgan fingerprint density at radius 3 is 2.33 bits per heavy atom. The number of hydrogen-bond acceptors (Lipinski definition) is 6. The number of amides is 1. The Bertz CT molecular complexity index is 942. The number of carbonyl (C=O) groups excluding carboxylic acids is 1. The van der Waals surface area contributed by atoms with Crippen LogP contribution in [0, 0.1) is 0 Å². The largest absolute Gasteiger partial charge is 0.416 e. The minimum absolute atomic E-state index is 0.0500. The quantitative estimate of drug-likeness (QED) is 0.697. The van der Waals surface area contributed by atoms with E-state index < -0.39 is 33.6 Å². The number of nitrogen functional groups attached to an aromatic ring is 1. The van der Waals surface area contributed by atoms with Crippen molar-refractivity contribution >= 4 is 21.4 Å².